The van der Waals surface area contributed by atoms with Crippen LogP contribution in [0.2, 0.25) is 0 Å². The van der Waals surface area contributed by atoms with Crippen LogP contribution in [0.15, 0.2) is 61.6 Å². The third-order valence-electron chi connectivity index (χ3n) is 8.22. The molecule has 2 bridgehead atoms. The summed E-state index contributed by atoms with van der Waals surface area (Å²) in [5.74, 6) is 0.618. The Hall–Kier alpha value is -4.20. The maximum atomic E-state index is 14.2. The molecule has 3 aromatic heterocycles. The second kappa shape index (κ2) is 9.52. The van der Waals surface area contributed by atoms with Gasteiger partial charge in [0.25, 0.3) is 0 Å². The Bertz CT molecular complexity index is 1590. The van der Waals surface area contributed by atoms with Gasteiger partial charge in [0.1, 0.15) is 5.82 Å². The zero-order valence-electron chi connectivity index (χ0n) is 22.6. The highest BCUT2D eigenvalue weighted by atomic mass is 19.1. The second-order valence-corrected chi connectivity index (χ2v) is 10.8. The van der Waals surface area contributed by atoms with Crippen LogP contribution in [0.4, 0.5) is 10.2 Å². The molecule has 8 heteroatoms. The van der Waals surface area contributed by atoms with E-state index in [-0.39, 0.29) is 11.7 Å². The van der Waals surface area contributed by atoms with Gasteiger partial charge in [-0.15, -0.1) is 0 Å². The first kappa shape index (κ1) is 25.1. The molecule has 0 radical (unpaired) electrons. The number of hydrogen-bond donors (Lipinski definition) is 1. The van der Waals surface area contributed by atoms with Crippen molar-refractivity contribution in [2.75, 3.05) is 12.8 Å². The SMILES string of the molecule is C=C(C)c1c(C2CC3CC[C@@H](C2)N3C(=C)C)nc2c(-c3ccc(-c4ccc(OC)c(F)c4)nc3)cnn2c1N. The van der Waals surface area contributed by atoms with E-state index in [0.29, 0.717) is 34.8 Å². The van der Waals surface area contributed by atoms with E-state index in [2.05, 4.69) is 35.1 Å². The highest BCUT2D eigenvalue weighted by Crippen LogP contribution is 2.46. The number of ether oxygens (including phenoxy) is 1. The predicted octanol–water partition coefficient (Wildman–Crippen LogP) is 6.47. The second-order valence-electron chi connectivity index (χ2n) is 10.8. The topological polar surface area (TPSA) is 81.6 Å². The van der Waals surface area contributed by atoms with Gasteiger partial charge in [0.05, 0.1) is 24.7 Å². The summed E-state index contributed by atoms with van der Waals surface area (Å²) in [4.78, 5) is 12.3. The molecule has 2 unspecified atom stereocenters. The van der Waals surface area contributed by atoms with Crippen molar-refractivity contribution in [2.45, 2.75) is 57.5 Å². The smallest absolute Gasteiger partial charge is 0.165 e. The van der Waals surface area contributed by atoms with Crippen molar-refractivity contribution in [1.29, 1.82) is 0 Å². The van der Waals surface area contributed by atoms with Crippen molar-refractivity contribution in [2.24, 2.45) is 0 Å². The van der Waals surface area contributed by atoms with E-state index in [4.69, 9.17) is 15.5 Å². The molecular formula is C31H33FN6O. The van der Waals surface area contributed by atoms with Crippen molar-refractivity contribution >= 4 is 17.0 Å². The van der Waals surface area contributed by atoms with E-state index < -0.39 is 5.82 Å². The molecule has 0 saturated carbocycles. The summed E-state index contributed by atoms with van der Waals surface area (Å²) in [6, 6.07) is 9.61. The number of aromatic nitrogens is 4. The van der Waals surface area contributed by atoms with Crippen molar-refractivity contribution in [3.05, 3.63) is 78.7 Å². The van der Waals surface area contributed by atoms with Gasteiger partial charge < -0.3 is 15.4 Å². The molecule has 0 spiro atoms. The summed E-state index contributed by atoms with van der Waals surface area (Å²) in [7, 11) is 1.45. The third kappa shape index (κ3) is 4.15. The molecular weight excluding hydrogens is 491 g/mol. The molecule has 2 aliphatic rings. The van der Waals surface area contributed by atoms with Crippen LogP contribution in [0.3, 0.4) is 0 Å². The van der Waals surface area contributed by atoms with Crippen LogP contribution in [-0.4, -0.2) is 43.7 Å². The average molecular weight is 525 g/mol. The maximum absolute atomic E-state index is 14.2. The monoisotopic (exact) mass is 524 g/mol. The number of pyridine rings is 1. The summed E-state index contributed by atoms with van der Waals surface area (Å²) in [5, 5.41) is 4.59. The fraction of sp³-hybridized carbons (Fsp3) is 0.323. The van der Waals surface area contributed by atoms with Crippen LogP contribution in [0.5, 0.6) is 5.75 Å². The normalized spacial score (nSPS) is 20.4. The molecule has 7 nitrogen and oxygen atoms in total. The minimum absolute atomic E-state index is 0.202. The number of allylic oxidation sites excluding steroid dienone is 2. The number of hydrogen-bond acceptors (Lipinski definition) is 6. The molecule has 2 N–H and O–H groups in total. The minimum atomic E-state index is -0.424. The summed E-state index contributed by atoms with van der Waals surface area (Å²) in [5.41, 5.74) is 14.4. The summed E-state index contributed by atoms with van der Waals surface area (Å²) >= 11 is 0. The lowest BCUT2D eigenvalue weighted by atomic mass is 9.84. The Kier molecular flexibility index (Phi) is 6.13. The number of nitrogen functional groups attached to an aromatic ring is 1. The van der Waals surface area contributed by atoms with E-state index in [1.54, 1.807) is 29.0 Å². The Labute approximate surface area is 227 Å². The molecule has 2 fully saturated rings. The highest BCUT2D eigenvalue weighted by Gasteiger charge is 2.42. The number of halogens is 1. The first-order valence-corrected chi connectivity index (χ1v) is 13.3. The molecule has 4 aromatic rings. The Balaban J connectivity index is 1.39. The number of rotatable bonds is 6. The predicted molar refractivity (Wildman–Crippen MR) is 153 cm³/mol. The fourth-order valence-corrected chi connectivity index (χ4v) is 6.54. The average Bonchev–Trinajstić information content (AvgIpc) is 3.47. The number of piperidine rings is 1. The number of methoxy groups -OCH3 is 1. The van der Waals surface area contributed by atoms with Gasteiger partial charge >= 0.3 is 0 Å². The molecule has 2 saturated heterocycles. The van der Waals surface area contributed by atoms with Crippen molar-refractivity contribution < 1.29 is 9.13 Å². The molecule has 39 heavy (non-hydrogen) atoms. The van der Waals surface area contributed by atoms with Crippen molar-refractivity contribution in [3.8, 4) is 28.1 Å². The highest BCUT2D eigenvalue weighted by molar-refractivity contribution is 5.82. The molecule has 3 atom stereocenters. The lowest BCUT2D eigenvalue weighted by molar-refractivity contribution is 0.169. The minimum Gasteiger partial charge on any atom is -0.494 e. The van der Waals surface area contributed by atoms with Gasteiger partial charge in [0.2, 0.25) is 0 Å². The van der Waals surface area contributed by atoms with Gasteiger partial charge in [-0.05, 0) is 69.4 Å². The lowest BCUT2D eigenvalue weighted by Crippen LogP contribution is -2.41. The Morgan fingerprint density at radius 1 is 1.05 bits per heavy atom. The van der Waals surface area contributed by atoms with E-state index in [9.17, 15) is 4.39 Å². The number of anilines is 1. The zero-order valence-corrected chi connectivity index (χ0v) is 22.6. The van der Waals surface area contributed by atoms with Gasteiger partial charge in [-0.2, -0.15) is 9.61 Å². The van der Waals surface area contributed by atoms with Crippen molar-refractivity contribution in [1.82, 2.24) is 24.5 Å². The standard InChI is InChI=1S/C31H33FN6O/c1-17(2)28-29(21-12-22-8-9-23(13-21)37(22)18(3)4)36-31-24(16-35-38(31)30(28)33)20-6-10-26(34-15-20)19-7-11-27(39-5)25(32)14-19/h6-7,10-11,14-16,21-23H,1,3,8-9,12-13,33H2,2,4-5H3/t21?,22-,23?/m0/s1. The summed E-state index contributed by atoms with van der Waals surface area (Å²) < 4.78 is 21.0. The number of fused-ring (bicyclic) bond motifs is 3. The van der Waals surface area contributed by atoms with Crippen LogP contribution >= 0.6 is 0 Å². The largest absolute Gasteiger partial charge is 0.494 e. The lowest BCUT2D eigenvalue weighted by Gasteiger charge is -2.41. The van der Waals surface area contributed by atoms with Crippen LogP contribution in [0.1, 0.15) is 56.7 Å². The van der Waals surface area contributed by atoms with Crippen LogP contribution in [0.25, 0.3) is 33.6 Å². The van der Waals surface area contributed by atoms with Gasteiger partial charge in [0.15, 0.2) is 17.2 Å². The Morgan fingerprint density at radius 3 is 2.36 bits per heavy atom. The van der Waals surface area contributed by atoms with Gasteiger partial charge in [-0.1, -0.05) is 19.2 Å². The van der Waals surface area contributed by atoms with Gasteiger partial charge in [-0.25, -0.2) is 9.37 Å². The molecule has 5 heterocycles. The van der Waals surface area contributed by atoms with E-state index in [1.807, 2.05) is 19.1 Å². The van der Waals surface area contributed by atoms with Crippen LogP contribution in [-0.2, 0) is 0 Å². The summed E-state index contributed by atoms with van der Waals surface area (Å²) in [6.45, 7) is 12.6. The summed E-state index contributed by atoms with van der Waals surface area (Å²) in [6.07, 6.45) is 7.95. The number of nitrogens with zero attached hydrogens (tertiary/aromatic N) is 5. The van der Waals surface area contributed by atoms with E-state index in [0.717, 1.165) is 46.5 Å². The van der Waals surface area contributed by atoms with Crippen molar-refractivity contribution in [3.63, 3.8) is 0 Å². The molecule has 1 aromatic carbocycles. The molecule has 0 amide bonds. The van der Waals surface area contributed by atoms with Crippen LogP contribution < -0.4 is 10.5 Å². The maximum Gasteiger partial charge on any atom is 0.165 e. The zero-order chi connectivity index (χ0) is 27.4. The van der Waals surface area contributed by atoms with Gasteiger partial charge in [-0.3, -0.25) is 4.98 Å². The molecule has 2 aliphatic heterocycles. The first-order valence-electron chi connectivity index (χ1n) is 13.3. The van der Waals surface area contributed by atoms with Crippen LogP contribution in [0, 0.1) is 5.82 Å². The number of benzene rings is 1. The first-order chi connectivity index (χ1) is 18.8. The van der Waals surface area contributed by atoms with E-state index in [1.165, 1.54) is 26.0 Å². The third-order valence-corrected chi connectivity index (χ3v) is 8.22. The Morgan fingerprint density at radius 2 is 1.77 bits per heavy atom. The molecule has 6 rings (SSSR count). The van der Waals surface area contributed by atoms with E-state index >= 15 is 0 Å². The fourth-order valence-electron chi connectivity index (χ4n) is 6.54. The quantitative estimate of drug-likeness (QED) is 0.312. The van der Waals surface area contributed by atoms with Gasteiger partial charge in [0, 0.05) is 52.1 Å². The number of nitrogens with two attached hydrogens (primary N) is 1. The molecule has 0 aliphatic carbocycles. The molecule has 200 valence electrons.